The number of anilines is 2. The fourth-order valence-electron chi connectivity index (χ4n) is 4.27. The van der Waals surface area contributed by atoms with Gasteiger partial charge in [0.1, 0.15) is 12.7 Å². The molecule has 31 heavy (non-hydrogen) atoms. The van der Waals surface area contributed by atoms with Crippen molar-refractivity contribution in [2.75, 3.05) is 22.9 Å². The molecule has 2 heterocycles. The van der Waals surface area contributed by atoms with Crippen molar-refractivity contribution < 1.29 is 14.3 Å². The third-order valence-corrected chi connectivity index (χ3v) is 5.77. The molecule has 7 heteroatoms. The lowest BCUT2D eigenvalue weighted by Crippen LogP contribution is -2.49. The van der Waals surface area contributed by atoms with Crippen LogP contribution >= 0.6 is 0 Å². The molecular formula is C24H26N4O3. The lowest BCUT2D eigenvalue weighted by Gasteiger charge is -2.41. The molecule has 0 atom stereocenters. The van der Waals surface area contributed by atoms with E-state index in [9.17, 15) is 14.9 Å². The molecular weight excluding hydrogens is 392 g/mol. The summed E-state index contributed by atoms with van der Waals surface area (Å²) in [5, 5.41) is 12.5. The maximum Gasteiger partial charge on any atom is 0.414 e. The van der Waals surface area contributed by atoms with Crippen molar-refractivity contribution in [1.82, 2.24) is 5.32 Å². The number of nitrogens with one attached hydrogen (secondary N) is 1. The fraction of sp³-hybridized carbons (Fsp3) is 0.375. The smallest absolute Gasteiger partial charge is 0.414 e. The molecule has 0 unspecified atom stereocenters. The molecule has 160 valence electrons. The van der Waals surface area contributed by atoms with Crippen molar-refractivity contribution in [3.05, 3.63) is 59.2 Å². The first-order chi connectivity index (χ1) is 15.0. The normalized spacial score (nSPS) is 16.5. The van der Waals surface area contributed by atoms with E-state index >= 15 is 0 Å². The van der Waals surface area contributed by atoms with E-state index in [1.165, 1.54) is 0 Å². The van der Waals surface area contributed by atoms with Gasteiger partial charge in [-0.15, -0.1) is 0 Å². The molecule has 2 aliphatic rings. The number of rotatable bonds is 4. The number of cyclic esters (lactones) is 1. The molecule has 1 fully saturated rings. The van der Waals surface area contributed by atoms with Crippen molar-refractivity contribution in [3.63, 3.8) is 0 Å². The van der Waals surface area contributed by atoms with Crippen LogP contribution in [0.25, 0.3) is 0 Å². The first-order valence-corrected chi connectivity index (χ1v) is 10.6. The second-order valence-electron chi connectivity index (χ2n) is 8.24. The van der Waals surface area contributed by atoms with E-state index in [1.807, 2.05) is 44.2 Å². The topological polar surface area (TPSA) is 85.7 Å². The van der Waals surface area contributed by atoms with E-state index in [0.717, 1.165) is 29.8 Å². The minimum Gasteiger partial charge on any atom is -0.444 e. The van der Waals surface area contributed by atoms with Crippen LogP contribution in [0, 0.1) is 11.3 Å². The molecule has 0 saturated carbocycles. The van der Waals surface area contributed by atoms with Crippen LogP contribution in [0.15, 0.2) is 42.5 Å². The van der Waals surface area contributed by atoms with Crippen LogP contribution in [0.4, 0.5) is 16.2 Å². The van der Waals surface area contributed by atoms with Crippen LogP contribution in [-0.4, -0.2) is 37.2 Å². The number of ether oxygens (including phenoxy) is 1. The van der Waals surface area contributed by atoms with Gasteiger partial charge in [-0.1, -0.05) is 18.2 Å². The molecule has 0 spiro atoms. The number of carbonyl (C=O) groups excluding carboxylic acids is 2. The molecule has 2 amide bonds. The highest BCUT2D eigenvalue weighted by molar-refractivity contribution is 5.95. The Morgan fingerprint density at radius 1 is 1.16 bits per heavy atom. The average molecular weight is 418 g/mol. The number of benzene rings is 2. The van der Waals surface area contributed by atoms with Gasteiger partial charge in [-0.05, 0) is 51.0 Å². The van der Waals surface area contributed by atoms with Crippen LogP contribution in [0.2, 0.25) is 0 Å². The third-order valence-electron chi connectivity index (χ3n) is 5.77. The molecule has 2 aliphatic heterocycles. The molecule has 0 bridgehead atoms. The zero-order valence-corrected chi connectivity index (χ0v) is 17.8. The van der Waals surface area contributed by atoms with Gasteiger partial charge in [-0.2, -0.15) is 5.26 Å². The minimum absolute atomic E-state index is 0.0309. The van der Waals surface area contributed by atoms with Gasteiger partial charge in [-0.25, -0.2) is 4.79 Å². The number of hydrogen-bond acceptors (Lipinski definition) is 5. The van der Waals surface area contributed by atoms with Crippen molar-refractivity contribution in [2.24, 2.45) is 0 Å². The predicted octanol–water partition coefficient (Wildman–Crippen LogP) is 3.82. The molecule has 0 aliphatic carbocycles. The van der Waals surface area contributed by atoms with E-state index in [4.69, 9.17) is 4.74 Å². The van der Waals surface area contributed by atoms with E-state index in [-0.39, 0.29) is 24.1 Å². The van der Waals surface area contributed by atoms with Crippen molar-refractivity contribution in [3.8, 4) is 6.07 Å². The monoisotopic (exact) mass is 418 g/mol. The summed E-state index contributed by atoms with van der Waals surface area (Å²) < 4.78 is 5.37. The Morgan fingerprint density at radius 3 is 2.61 bits per heavy atom. The number of hydrogen-bond donors (Lipinski definition) is 1. The predicted molar refractivity (Wildman–Crippen MR) is 118 cm³/mol. The largest absolute Gasteiger partial charge is 0.444 e. The van der Waals surface area contributed by atoms with Crippen molar-refractivity contribution >= 4 is 23.4 Å². The molecule has 0 aromatic heterocycles. The third kappa shape index (κ3) is 4.19. The van der Waals surface area contributed by atoms with Gasteiger partial charge in [0.15, 0.2) is 0 Å². The summed E-state index contributed by atoms with van der Waals surface area (Å²) in [6.45, 7) is 5.54. The Balaban J connectivity index is 1.49. The van der Waals surface area contributed by atoms with Gasteiger partial charge in [0.25, 0.3) is 5.91 Å². The number of piperidine rings is 1. The summed E-state index contributed by atoms with van der Waals surface area (Å²) in [7, 11) is 0. The summed E-state index contributed by atoms with van der Waals surface area (Å²) in [5.74, 6) is -0.181. The summed E-state index contributed by atoms with van der Waals surface area (Å²) >= 11 is 0. The van der Waals surface area contributed by atoms with Crippen molar-refractivity contribution in [1.29, 1.82) is 5.26 Å². The zero-order valence-electron chi connectivity index (χ0n) is 17.8. The van der Waals surface area contributed by atoms with Gasteiger partial charge < -0.3 is 15.0 Å². The van der Waals surface area contributed by atoms with Crippen molar-refractivity contribution in [2.45, 2.75) is 45.4 Å². The molecule has 0 radical (unpaired) electrons. The molecule has 2 aromatic rings. The maximum atomic E-state index is 12.5. The number of amides is 2. The number of nitriles is 1. The SMILES string of the molecule is CC(C)NC(=O)c1ccc(N2CCC(N3C(=O)OCc4ccccc43)CC2)c(C#N)c1. The average Bonchev–Trinajstić information content (AvgIpc) is 2.78. The molecule has 7 nitrogen and oxygen atoms in total. The van der Waals surface area contributed by atoms with Crippen LogP contribution in [0.1, 0.15) is 48.2 Å². The Hall–Kier alpha value is -3.53. The number of fused-ring (bicyclic) bond motifs is 1. The Morgan fingerprint density at radius 2 is 1.90 bits per heavy atom. The van der Waals surface area contributed by atoms with Crippen LogP contribution in [0.3, 0.4) is 0 Å². The summed E-state index contributed by atoms with van der Waals surface area (Å²) in [5.41, 5.74) is 3.74. The highest BCUT2D eigenvalue weighted by atomic mass is 16.6. The Bertz CT molecular complexity index is 1040. The summed E-state index contributed by atoms with van der Waals surface area (Å²) in [6, 6.07) is 15.4. The van der Waals surface area contributed by atoms with Crippen LogP contribution in [-0.2, 0) is 11.3 Å². The number of nitrogens with zero attached hydrogens (tertiary/aromatic N) is 3. The van der Waals surface area contributed by atoms with Gasteiger partial charge in [0.05, 0.1) is 16.9 Å². The maximum absolute atomic E-state index is 12.5. The van der Waals surface area contributed by atoms with Gasteiger partial charge in [-0.3, -0.25) is 9.69 Å². The fourth-order valence-corrected chi connectivity index (χ4v) is 4.27. The molecule has 1 N–H and O–H groups in total. The Labute approximate surface area is 182 Å². The molecule has 1 saturated heterocycles. The quantitative estimate of drug-likeness (QED) is 0.816. The first-order valence-electron chi connectivity index (χ1n) is 10.6. The van der Waals surface area contributed by atoms with E-state index in [1.54, 1.807) is 17.0 Å². The molecule has 2 aromatic carbocycles. The van der Waals surface area contributed by atoms with Gasteiger partial charge >= 0.3 is 6.09 Å². The van der Waals surface area contributed by atoms with Gasteiger partial charge in [0, 0.05) is 36.3 Å². The van der Waals surface area contributed by atoms with Crippen LogP contribution < -0.4 is 15.1 Å². The lowest BCUT2D eigenvalue weighted by atomic mass is 9.99. The summed E-state index contributed by atoms with van der Waals surface area (Å²) in [4.78, 5) is 28.7. The highest BCUT2D eigenvalue weighted by Crippen LogP contribution is 2.33. The lowest BCUT2D eigenvalue weighted by molar-refractivity contribution is 0.0943. The zero-order chi connectivity index (χ0) is 22.0. The van der Waals surface area contributed by atoms with Crippen LogP contribution in [0.5, 0.6) is 0 Å². The molecule has 4 rings (SSSR count). The highest BCUT2D eigenvalue weighted by Gasteiger charge is 2.34. The second kappa shape index (κ2) is 8.68. The second-order valence-corrected chi connectivity index (χ2v) is 8.24. The van der Waals surface area contributed by atoms with E-state index in [2.05, 4.69) is 16.3 Å². The standard InChI is InChI=1S/C24H26N4O3/c1-16(2)26-23(29)17-7-8-21(19(13-17)14-25)27-11-9-20(10-12-27)28-22-6-4-3-5-18(22)15-31-24(28)30/h3-8,13,16,20H,9-12,15H2,1-2H3,(H,26,29). The number of carbonyl (C=O) groups is 2. The van der Waals surface area contributed by atoms with E-state index < -0.39 is 0 Å². The summed E-state index contributed by atoms with van der Waals surface area (Å²) in [6.07, 6.45) is 1.24. The minimum atomic E-state index is -0.296. The van der Waals surface area contributed by atoms with E-state index in [0.29, 0.717) is 30.8 Å². The first kappa shape index (κ1) is 20.7. The Kier molecular flexibility index (Phi) is 5.81. The number of para-hydroxylation sites is 1. The van der Waals surface area contributed by atoms with Gasteiger partial charge in [0.2, 0.25) is 0 Å².